The second kappa shape index (κ2) is 2.65. The molecule has 0 N–H and O–H groups in total. The van der Waals surface area contributed by atoms with Crippen molar-refractivity contribution in [2.75, 3.05) is 0 Å². The topological polar surface area (TPSA) is 12.5 Å². The van der Waals surface area contributed by atoms with Crippen LogP contribution in [0.15, 0.2) is 0 Å². The van der Waals surface area contributed by atoms with E-state index in [1.54, 1.807) is 0 Å². The summed E-state index contributed by atoms with van der Waals surface area (Å²) in [7, 11) is 0. The third-order valence-corrected chi connectivity index (χ3v) is 2.88. The van der Waals surface area contributed by atoms with Crippen LogP contribution in [0, 0.1) is 0 Å². The quantitative estimate of drug-likeness (QED) is 0.341. The molecule has 8 heavy (non-hydrogen) atoms. The van der Waals surface area contributed by atoms with Gasteiger partial charge in [-0.1, -0.05) is 67.8 Å². The maximum absolute atomic E-state index is 5.26. The van der Waals surface area contributed by atoms with Crippen molar-refractivity contribution in [3.8, 4) is 0 Å². The lowest BCUT2D eigenvalue weighted by molar-refractivity contribution is 0.389. The van der Waals surface area contributed by atoms with E-state index in [1.165, 1.54) is 0 Å². The van der Waals surface area contributed by atoms with Gasteiger partial charge in [0.2, 0.25) is 0 Å². The summed E-state index contributed by atoms with van der Waals surface area (Å²) in [6.07, 6.45) is 0.963. The molecule has 0 radical (unpaired) electrons. The lowest BCUT2D eigenvalue weighted by Crippen LogP contribution is -2.10. The largest absolute Gasteiger partial charge is 0.367 e. The molecule has 1 fully saturated rings. The van der Waals surface area contributed by atoms with Crippen molar-refractivity contribution in [3.05, 3.63) is 0 Å². The molecule has 1 rings (SSSR count). The third kappa shape index (κ3) is 2.08. The van der Waals surface area contributed by atoms with Crippen LogP contribution in [-0.2, 0) is 4.74 Å². The van der Waals surface area contributed by atoms with Crippen LogP contribution in [0.1, 0.15) is 6.92 Å². The van der Waals surface area contributed by atoms with Gasteiger partial charge in [0.25, 0.3) is 0 Å². The smallest absolute Gasteiger partial charge is 0.152 e. The van der Waals surface area contributed by atoms with E-state index in [0.29, 0.717) is 12.2 Å². The van der Waals surface area contributed by atoms with Gasteiger partial charge in [-0.2, -0.15) is 0 Å². The van der Waals surface area contributed by atoms with E-state index in [4.69, 9.17) is 4.74 Å². The minimum Gasteiger partial charge on any atom is -0.367 e. The molecule has 1 nitrogen and oxygen atoms in total. The molecule has 1 heterocycles. The molecular weight excluding hydrogens is 445 g/mol. The molecule has 2 atom stereocenters. The number of epoxide rings is 1. The van der Waals surface area contributed by atoms with Gasteiger partial charge >= 0.3 is 0 Å². The summed E-state index contributed by atoms with van der Waals surface area (Å²) >= 11 is 7.18. The first-order chi connectivity index (χ1) is 3.52. The van der Waals surface area contributed by atoms with E-state index in [9.17, 15) is 0 Å². The van der Waals surface area contributed by atoms with E-state index in [-0.39, 0.29) is -0.565 Å². The highest BCUT2D eigenvalue weighted by Crippen LogP contribution is 2.48. The van der Waals surface area contributed by atoms with Crippen molar-refractivity contribution < 1.29 is 4.74 Å². The maximum Gasteiger partial charge on any atom is 0.152 e. The molecule has 0 aromatic carbocycles. The fourth-order valence-electron chi connectivity index (χ4n) is 0.529. The van der Waals surface area contributed by atoms with E-state index in [2.05, 4.69) is 74.7 Å². The molecule has 0 aromatic rings. The Morgan fingerprint density at radius 2 is 1.75 bits per heavy atom. The van der Waals surface area contributed by atoms with E-state index in [1.807, 2.05) is 0 Å². The normalized spacial score (nSPS) is 37.5. The number of ether oxygens (including phenoxy) is 1. The van der Waals surface area contributed by atoms with Crippen molar-refractivity contribution in [2.24, 2.45) is 0 Å². The molecule has 1 aliphatic heterocycles. The molecule has 2 unspecified atom stereocenters. The predicted octanol–water partition coefficient (Wildman–Crippen LogP) is 2.73. The van der Waals surface area contributed by atoms with Crippen molar-refractivity contribution in [1.82, 2.24) is 0 Å². The Hall–Kier alpha value is 2.15. The molecule has 0 spiro atoms. The summed E-state index contributed by atoms with van der Waals surface area (Å²) < 4.78 is 5.53. The Morgan fingerprint density at radius 3 is 1.75 bits per heavy atom. The number of hydrogen-bond donors (Lipinski definition) is 0. The zero-order valence-corrected chi connectivity index (χ0v) is 10.7. The summed E-state index contributed by atoms with van der Waals surface area (Å²) in [5, 5.41) is 0. The van der Waals surface area contributed by atoms with Gasteiger partial charge in [0, 0.05) is 0 Å². The summed E-state index contributed by atoms with van der Waals surface area (Å²) in [6, 6.07) is 0. The second-order valence-corrected chi connectivity index (χ2v) is 13.1. The molecular formula is C4H5I3O. The highest BCUT2D eigenvalue weighted by Gasteiger charge is 2.47. The van der Waals surface area contributed by atoms with Crippen LogP contribution in [0.2, 0.25) is 0 Å². The molecule has 0 aliphatic carbocycles. The van der Waals surface area contributed by atoms with Crippen LogP contribution in [0.5, 0.6) is 0 Å². The zero-order chi connectivity index (χ0) is 6.36. The summed E-state index contributed by atoms with van der Waals surface area (Å²) in [4.78, 5) is 0. The molecule has 1 aliphatic rings. The van der Waals surface area contributed by atoms with Crippen molar-refractivity contribution in [2.45, 2.75) is 18.6 Å². The van der Waals surface area contributed by atoms with Gasteiger partial charge in [0.1, 0.15) is 6.10 Å². The van der Waals surface area contributed by atoms with E-state index >= 15 is 0 Å². The minimum absolute atomic E-state index is 0.271. The summed E-state index contributed by atoms with van der Waals surface area (Å²) in [6.45, 7) is 2.11. The Kier molecular flexibility index (Phi) is 2.73. The van der Waals surface area contributed by atoms with Crippen LogP contribution < -0.4 is 0 Å². The van der Waals surface area contributed by atoms with Crippen molar-refractivity contribution in [1.29, 1.82) is 0 Å². The van der Waals surface area contributed by atoms with Gasteiger partial charge in [0.15, 0.2) is -0.565 Å². The predicted molar refractivity (Wildman–Crippen MR) is 59.1 cm³/mol. The Bertz CT molecular complexity index is 97.9. The molecule has 0 saturated carbocycles. The lowest BCUT2D eigenvalue weighted by atomic mass is 10.4. The zero-order valence-electron chi connectivity index (χ0n) is 4.20. The van der Waals surface area contributed by atoms with Crippen molar-refractivity contribution in [3.63, 3.8) is 0 Å². The number of alkyl halides is 3. The molecule has 0 amide bonds. The highest BCUT2D eigenvalue weighted by molar-refractivity contribution is 14.3. The average Bonchev–Trinajstić information content (AvgIpc) is 2.13. The van der Waals surface area contributed by atoms with Crippen LogP contribution in [-0.4, -0.2) is 11.6 Å². The van der Waals surface area contributed by atoms with Gasteiger partial charge in [-0.3, -0.25) is 0 Å². The van der Waals surface area contributed by atoms with E-state index in [0.717, 1.165) is 0 Å². The Labute approximate surface area is 89.7 Å². The van der Waals surface area contributed by atoms with Crippen LogP contribution in [0.3, 0.4) is 0 Å². The Morgan fingerprint density at radius 1 is 1.38 bits per heavy atom. The molecule has 4 heteroatoms. The number of hydrogen-bond acceptors (Lipinski definition) is 1. The standard InChI is InChI=1S/C4H5I3O/c1-2-3(8-2)4(5,6)7/h2-3H,1H3. The molecule has 48 valence electrons. The number of halogens is 3. The first-order valence-electron chi connectivity index (χ1n) is 2.24. The SMILES string of the molecule is CC1OC1C(I)(I)I. The van der Waals surface area contributed by atoms with Crippen molar-refractivity contribution >= 4 is 67.8 Å². The van der Waals surface area contributed by atoms with Gasteiger partial charge in [-0.05, 0) is 6.92 Å². The van der Waals surface area contributed by atoms with Gasteiger partial charge < -0.3 is 4.74 Å². The molecule has 0 bridgehead atoms. The average molecular weight is 450 g/mol. The fraction of sp³-hybridized carbons (Fsp3) is 1.00. The first kappa shape index (κ1) is 8.25. The minimum atomic E-state index is 0.271. The fourth-order valence-corrected chi connectivity index (χ4v) is 2.49. The molecule has 1 saturated heterocycles. The van der Waals surface area contributed by atoms with Crippen LogP contribution in [0.25, 0.3) is 0 Å². The lowest BCUT2D eigenvalue weighted by Gasteiger charge is -2.05. The maximum atomic E-state index is 5.26. The Balaban J connectivity index is 2.39. The second-order valence-electron chi connectivity index (χ2n) is 1.80. The molecule has 0 aromatic heterocycles. The third-order valence-electron chi connectivity index (χ3n) is 1.03. The first-order valence-corrected chi connectivity index (χ1v) is 5.47. The van der Waals surface area contributed by atoms with Gasteiger partial charge in [-0.15, -0.1) is 0 Å². The van der Waals surface area contributed by atoms with Gasteiger partial charge in [-0.25, -0.2) is 0 Å². The van der Waals surface area contributed by atoms with Gasteiger partial charge in [0.05, 0.1) is 6.10 Å². The summed E-state index contributed by atoms with van der Waals surface area (Å²) in [5.74, 6) is 0. The van der Waals surface area contributed by atoms with Crippen LogP contribution >= 0.6 is 67.8 Å². The van der Waals surface area contributed by atoms with Crippen LogP contribution in [0.4, 0.5) is 0 Å². The number of rotatable bonds is 1. The summed E-state index contributed by atoms with van der Waals surface area (Å²) in [5.41, 5.74) is 0. The van der Waals surface area contributed by atoms with E-state index < -0.39 is 0 Å². The highest BCUT2D eigenvalue weighted by atomic mass is 127. The monoisotopic (exact) mass is 450 g/mol.